The number of nitrogens with one attached hydrogen (secondary N) is 1. The minimum Gasteiger partial charge on any atom is -0.496 e. The van der Waals surface area contributed by atoms with Crippen LogP contribution in [0.2, 0.25) is 10.0 Å². The zero-order valence-corrected chi connectivity index (χ0v) is 20.0. The molecule has 8 heteroatoms. The van der Waals surface area contributed by atoms with Crippen LogP contribution in [0.25, 0.3) is 6.08 Å². The lowest BCUT2D eigenvalue weighted by atomic mass is 9.94. The Morgan fingerprint density at radius 2 is 1.88 bits per heavy atom. The average molecular weight is 491 g/mol. The van der Waals surface area contributed by atoms with E-state index in [4.69, 9.17) is 44.9 Å². The Kier molecular flexibility index (Phi) is 7.23. The normalized spacial score (nSPS) is 18.2. The van der Waals surface area contributed by atoms with E-state index in [1.807, 2.05) is 24.3 Å². The molecule has 5 nitrogen and oxygen atoms in total. The highest BCUT2D eigenvalue weighted by Gasteiger charge is 2.36. The van der Waals surface area contributed by atoms with E-state index in [2.05, 4.69) is 5.32 Å². The maximum atomic E-state index is 13.0. The average Bonchev–Trinajstić information content (AvgIpc) is 3.07. The van der Waals surface area contributed by atoms with Gasteiger partial charge in [-0.2, -0.15) is 0 Å². The van der Waals surface area contributed by atoms with Gasteiger partial charge in [0.2, 0.25) is 0 Å². The zero-order chi connectivity index (χ0) is 22.7. The largest absolute Gasteiger partial charge is 0.496 e. The Morgan fingerprint density at radius 1 is 1.16 bits per heavy atom. The minimum atomic E-state index is -0.0710. The van der Waals surface area contributed by atoms with E-state index >= 15 is 0 Å². The number of thiocarbonyl (C=S) groups is 1. The van der Waals surface area contributed by atoms with Gasteiger partial charge in [0, 0.05) is 11.6 Å². The predicted octanol–water partition coefficient (Wildman–Crippen LogP) is 5.97. The highest BCUT2D eigenvalue weighted by atomic mass is 35.5. The van der Waals surface area contributed by atoms with Crippen LogP contribution < -0.4 is 14.8 Å². The van der Waals surface area contributed by atoms with Crippen LogP contribution in [-0.4, -0.2) is 29.1 Å². The SMILES string of the molecule is COc1ccc(/C=C2/NC(=S)N(C3CCCCC3)C2=O)cc1COc1c(Cl)cccc1Cl. The van der Waals surface area contributed by atoms with Crippen molar-refractivity contribution in [1.82, 2.24) is 10.2 Å². The summed E-state index contributed by atoms with van der Waals surface area (Å²) in [5, 5.41) is 4.45. The van der Waals surface area contributed by atoms with Crippen molar-refractivity contribution in [1.29, 1.82) is 0 Å². The summed E-state index contributed by atoms with van der Waals surface area (Å²) >= 11 is 17.9. The molecule has 2 fully saturated rings. The number of benzene rings is 2. The van der Waals surface area contributed by atoms with E-state index in [0.717, 1.165) is 36.8 Å². The van der Waals surface area contributed by atoms with Crippen molar-refractivity contribution in [2.45, 2.75) is 44.8 Å². The first-order valence-corrected chi connectivity index (χ1v) is 11.7. The first-order chi connectivity index (χ1) is 15.5. The highest BCUT2D eigenvalue weighted by Crippen LogP contribution is 2.34. The molecule has 1 aliphatic heterocycles. The lowest BCUT2D eigenvalue weighted by Crippen LogP contribution is -2.41. The molecule has 1 N–H and O–H groups in total. The maximum Gasteiger partial charge on any atom is 0.276 e. The number of rotatable bonds is 6. The van der Waals surface area contributed by atoms with E-state index in [1.54, 1.807) is 30.2 Å². The van der Waals surface area contributed by atoms with Crippen LogP contribution >= 0.6 is 35.4 Å². The Labute approximate surface area is 203 Å². The number of hydrogen-bond acceptors (Lipinski definition) is 4. The van der Waals surface area contributed by atoms with Gasteiger partial charge < -0.3 is 14.8 Å². The van der Waals surface area contributed by atoms with Crippen LogP contribution in [0.1, 0.15) is 43.2 Å². The number of carbonyl (C=O) groups excluding carboxylic acids is 1. The van der Waals surface area contributed by atoms with Gasteiger partial charge in [-0.3, -0.25) is 9.69 Å². The molecule has 4 rings (SSSR count). The fraction of sp³-hybridized carbons (Fsp3) is 0.333. The molecule has 0 unspecified atom stereocenters. The molecular weight excluding hydrogens is 467 g/mol. The number of halogens is 2. The summed E-state index contributed by atoms with van der Waals surface area (Å²) in [6, 6.07) is 11.0. The first-order valence-electron chi connectivity index (χ1n) is 10.6. The van der Waals surface area contributed by atoms with E-state index in [1.165, 1.54) is 6.42 Å². The molecular formula is C24H24Cl2N2O3S. The fourth-order valence-corrected chi connectivity index (χ4v) is 5.01. The first kappa shape index (κ1) is 22.9. The Bertz CT molecular complexity index is 1050. The third kappa shape index (κ3) is 4.87. The number of carbonyl (C=O) groups is 1. The number of para-hydroxylation sites is 1. The fourth-order valence-electron chi connectivity index (χ4n) is 4.16. The van der Waals surface area contributed by atoms with Crippen molar-refractivity contribution in [3.8, 4) is 11.5 Å². The Balaban J connectivity index is 1.55. The quantitative estimate of drug-likeness (QED) is 0.399. The summed E-state index contributed by atoms with van der Waals surface area (Å²) in [5.74, 6) is 1.02. The number of methoxy groups -OCH3 is 1. The van der Waals surface area contributed by atoms with Gasteiger partial charge in [-0.15, -0.1) is 0 Å². The summed E-state index contributed by atoms with van der Waals surface area (Å²) in [5.41, 5.74) is 2.11. The van der Waals surface area contributed by atoms with Gasteiger partial charge in [0.1, 0.15) is 18.1 Å². The van der Waals surface area contributed by atoms with Crippen molar-refractivity contribution in [2.24, 2.45) is 0 Å². The number of nitrogens with zero attached hydrogens (tertiary/aromatic N) is 1. The van der Waals surface area contributed by atoms with Gasteiger partial charge in [-0.1, -0.05) is 54.6 Å². The molecule has 1 amide bonds. The van der Waals surface area contributed by atoms with Gasteiger partial charge in [0.25, 0.3) is 5.91 Å². The second kappa shape index (κ2) is 10.1. The zero-order valence-electron chi connectivity index (χ0n) is 17.7. The van der Waals surface area contributed by atoms with Gasteiger partial charge in [-0.25, -0.2) is 0 Å². The van der Waals surface area contributed by atoms with Crippen LogP contribution in [0.4, 0.5) is 0 Å². The van der Waals surface area contributed by atoms with E-state index in [0.29, 0.717) is 32.4 Å². The molecule has 1 saturated carbocycles. The molecule has 2 aromatic rings. The number of ether oxygens (including phenoxy) is 2. The topological polar surface area (TPSA) is 50.8 Å². The third-order valence-electron chi connectivity index (χ3n) is 5.76. The van der Waals surface area contributed by atoms with Crippen molar-refractivity contribution in [3.05, 3.63) is 63.3 Å². The van der Waals surface area contributed by atoms with Crippen molar-refractivity contribution in [3.63, 3.8) is 0 Å². The molecule has 168 valence electrons. The highest BCUT2D eigenvalue weighted by molar-refractivity contribution is 7.80. The Morgan fingerprint density at radius 3 is 2.56 bits per heavy atom. The minimum absolute atomic E-state index is 0.0710. The van der Waals surface area contributed by atoms with E-state index in [-0.39, 0.29) is 18.6 Å². The molecule has 0 bridgehead atoms. The van der Waals surface area contributed by atoms with Crippen LogP contribution in [-0.2, 0) is 11.4 Å². The molecule has 1 heterocycles. The molecule has 1 aliphatic carbocycles. The number of hydrogen-bond donors (Lipinski definition) is 1. The van der Waals surface area contributed by atoms with Crippen LogP contribution in [0.3, 0.4) is 0 Å². The Hall–Kier alpha value is -2.28. The van der Waals surface area contributed by atoms with Crippen LogP contribution in [0.15, 0.2) is 42.1 Å². The van der Waals surface area contributed by atoms with Gasteiger partial charge in [0.15, 0.2) is 10.9 Å². The van der Waals surface area contributed by atoms with Crippen LogP contribution in [0, 0.1) is 0 Å². The summed E-state index contributed by atoms with van der Waals surface area (Å²) in [6.45, 7) is 0.206. The van der Waals surface area contributed by atoms with E-state index in [9.17, 15) is 4.79 Å². The van der Waals surface area contributed by atoms with Crippen molar-refractivity contribution < 1.29 is 14.3 Å². The standard InChI is InChI=1S/C24H24Cl2N2O3S/c1-30-21-11-10-15(12-16(21)14-31-22-18(25)8-5-9-19(22)26)13-20-23(29)28(24(32)27-20)17-6-3-2-4-7-17/h5,8-13,17H,2-4,6-7,14H2,1H3,(H,27,32)/b20-13+. The summed E-state index contributed by atoms with van der Waals surface area (Å²) in [7, 11) is 1.60. The second-order valence-corrected chi connectivity index (χ2v) is 9.07. The molecule has 0 spiro atoms. The smallest absolute Gasteiger partial charge is 0.276 e. The maximum absolute atomic E-state index is 13.0. The summed E-state index contributed by atoms with van der Waals surface area (Å²) < 4.78 is 11.4. The van der Waals surface area contributed by atoms with Gasteiger partial charge in [-0.05, 0) is 61.0 Å². The molecule has 0 atom stereocenters. The third-order valence-corrected chi connectivity index (χ3v) is 6.65. The molecule has 2 aromatic carbocycles. The number of amides is 1. The van der Waals surface area contributed by atoms with Crippen molar-refractivity contribution in [2.75, 3.05) is 7.11 Å². The summed E-state index contributed by atoms with van der Waals surface area (Å²) in [4.78, 5) is 14.8. The van der Waals surface area contributed by atoms with Gasteiger partial charge >= 0.3 is 0 Å². The molecule has 1 saturated heterocycles. The van der Waals surface area contributed by atoms with Crippen molar-refractivity contribution >= 4 is 52.5 Å². The predicted molar refractivity (Wildman–Crippen MR) is 131 cm³/mol. The lowest BCUT2D eigenvalue weighted by molar-refractivity contribution is -0.124. The molecule has 2 aliphatic rings. The van der Waals surface area contributed by atoms with Gasteiger partial charge in [0.05, 0.1) is 17.2 Å². The molecule has 0 radical (unpaired) electrons. The van der Waals surface area contributed by atoms with Crippen LogP contribution in [0.5, 0.6) is 11.5 Å². The second-order valence-electron chi connectivity index (χ2n) is 7.87. The monoisotopic (exact) mass is 490 g/mol. The summed E-state index contributed by atoms with van der Waals surface area (Å²) in [6.07, 6.45) is 7.28. The van der Waals surface area contributed by atoms with E-state index < -0.39 is 0 Å². The molecule has 32 heavy (non-hydrogen) atoms. The molecule has 0 aromatic heterocycles. The lowest BCUT2D eigenvalue weighted by Gasteiger charge is -2.29.